The maximum absolute atomic E-state index is 11.8. The van der Waals surface area contributed by atoms with Gasteiger partial charge in [0, 0.05) is 13.2 Å². The van der Waals surface area contributed by atoms with Gasteiger partial charge in [-0.05, 0) is 6.92 Å². The number of aromatic nitrogens is 2. The molecule has 0 bridgehead atoms. The van der Waals surface area contributed by atoms with Crippen LogP contribution in [-0.4, -0.2) is 43.9 Å². The predicted molar refractivity (Wildman–Crippen MR) is 59.1 cm³/mol. The van der Waals surface area contributed by atoms with Crippen LogP contribution in [0.15, 0.2) is 6.20 Å². The molecule has 0 aliphatic carbocycles. The van der Waals surface area contributed by atoms with Crippen molar-refractivity contribution in [2.45, 2.75) is 19.4 Å². The number of nitrogens with zero attached hydrogens (tertiary/aromatic N) is 2. The standard InChI is InChI=1S/C10H13N3O5/c1-5-6(4-13(2)12-5)9(16)11-7(10(17)18)3-8(14)15/h4,7H,3H2,1-2H3,(H,11,16)(H,14,15)(H,17,18)/t7-/m1/s1. The van der Waals surface area contributed by atoms with Gasteiger partial charge in [0.15, 0.2) is 0 Å². The topological polar surface area (TPSA) is 122 Å². The zero-order valence-corrected chi connectivity index (χ0v) is 9.88. The van der Waals surface area contributed by atoms with Crippen molar-refractivity contribution in [1.82, 2.24) is 15.1 Å². The van der Waals surface area contributed by atoms with Gasteiger partial charge in [-0.2, -0.15) is 5.10 Å². The van der Waals surface area contributed by atoms with E-state index in [1.54, 1.807) is 14.0 Å². The monoisotopic (exact) mass is 255 g/mol. The normalized spacial score (nSPS) is 11.9. The molecule has 0 spiro atoms. The third kappa shape index (κ3) is 3.30. The lowest BCUT2D eigenvalue weighted by Crippen LogP contribution is -2.42. The first-order valence-electron chi connectivity index (χ1n) is 5.07. The molecule has 0 radical (unpaired) electrons. The van der Waals surface area contributed by atoms with Crippen LogP contribution in [0.3, 0.4) is 0 Å². The highest BCUT2D eigenvalue weighted by Gasteiger charge is 2.24. The summed E-state index contributed by atoms with van der Waals surface area (Å²) in [6.45, 7) is 1.60. The van der Waals surface area contributed by atoms with E-state index in [2.05, 4.69) is 10.4 Å². The van der Waals surface area contributed by atoms with Crippen molar-refractivity contribution >= 4 is 17.8 Å². The van der Waals surface area contributed by atoms with Crippen LogP contribution in [0.4, 0.5) is 0 Å². The van der Waals surface area contributed by atoms with E-state index in [0.717, 1.165) is 0 Å². The number of aryl methyl sites for hydroxylation is 2. The van der Waals surface area contributed by atoms with Crippen LogP contribution in [0.25, 0.3) is 0 Å². The molecule has 1 heterocycles. The summed E-state index contributed by atoms with van der Waals surface area (Å²) in [5.74, 6) is -3.35. The van der Waals surface area contributed by atoms with Crippen molar-refractivity contribution < 1.29 is 24.6 Å². The molecule has 0 fully saturated rings. The summed E-state index contributed by atoms with van der Waals surface area (Å²) in [6, 6.07) is -1.46. The van der Waals surface area contributed by atoms with Gasteiger partial charge in [0.25, 0.3) is 5.91 Å². The fourth-order valence-corrected chi connectivity index (χ4v) is 1.43. The highest BCUT2D eigenvalue weighted by Crippen LogP contribution is 2.05. The third-order valence-electron chi connectivity index (χ3n) is 2.24. The summed E-state index contributed by atoms with van der Waals surface area (Å²) in [6.07, 6.45) is 0.755. The fourth-order valence-electron chi connectivity index (χ4n) is 1.43. The lowest BCUT2D eigenvalue weighted by Gasteiger charge is -2.11. The zero-order valence-electron chi connectivity index (χ0n) is 9.88. The number of carbonyl (C=O) groups excluding carboxylic acids is 1. The van der Waals surface area contributed by atoms with E-state index >= 15 is 0 Å². The first kappa shape index (κ1) is 13.7. The van der Waals surface area contributed by atoms with E-state index in [9.17, 15) is 14.4 Å². The molecule has 1 amide bonds. The Balaban J connectivity index is 2.81. The van der Waals surface area contributed by atoms with E-state index < -0.39 is 30.3 Å². The highest BCUT2D eigenvalue weighted by atomic mass is 16.4. The molecular weight excluding hydrogens is 242 g/mol. The first-order valence-corrected chi connectivity index (χ1v) is 5.07. The molecule has 1 atom stereocenters. The fraction of sp³-hybridized carbons (Fsp3) is 0.400. The minimum atomic E-state index is -1.46. The number of carboxylic acids is 2. The average Bonchev–Trinajstić information content (AvgIpc) is 2.56. The van der Waals surface area contributed by atoms with Crippen molar-refractivity contribution in [3.8, 4) is 0 Å². The SMILES string of the molecule is Cc1nn(C)cc1C(=O)N[C@H](CC(=O)O)C(=O)O. The Morgan fingerprint density at radius 1 is 1.44 bits per heavy atom. The molecule has 8 heteroatoms. The van der Waals surface area contributed by atoms with Crippen LogP contribution in [0, 0.1) is 6.92 Å². The quantitative estimate of drug-likeness (QED) is 0.645. The number of rotatable bonds is 5. The van der Waals surface area contributed by atoms with Crippen LogP contribution >= 0.6 is 0 Å². The van der Waals surface area contributed by atoms with Crippen LogP contribution in [0.1, 0.15) is 22.5 Å². The molecule has 0 aliphatic rings. The number of amides is 1. The average molecular weight is 255 g/mol. The molecule has 1 aromatic heterocycles. The summed E-state index contributed by atoms with van der Waals surface area (Å²) in [7, 11) is 1.62. The summed E-state index contributed by atoms with van der Waals surface area (Å²) < 4.78 is 1.41. The second-order valence-electron chi connectivity index (χ2n) is 3.76. The van der Waals surface area contributed by atoms with Crippen molar-refractivity contribution in [3.63, 3.8) is 0 Å². The van der Waals surface area contributed by atoms with Gasteiger partial charge in [-0.25, -0.2) is 4.79 Å². The molecule has 8 nitrogen and oxygen atoms in total. The Morgan fingerprint density at radius 2 is 2.06 bits per heavy atom. The molecule has 98 valence electrons. The summed E-state index contributed by atoms with van der Waals surface area (Å²) in [5.41, 5.74) is 0.656. The van der Waals surface area contributed by atoms with Gasteiger partial charge in [-0.15, -0.1) is 0 Å². The van der Waals surface area contributed by atoms with Gasteiger partial charge in [0.05, 0.1) is 17.7 Å². The van der Waals surface area contributed by atoms with E-state index in [1.807, 2.05) is 0 Å². The number of nitrogens with one attached hydrogen (secondary N) is 1. The predicted octanol–water partition coefficient (Wildman–Crippen LogP) is -0.614. The molecular formula is C10H13N3O5. The van der Waals surface area contributed by atoms with Crippen LogP contribution in [0.5, 0.6) is 0 Å². The van der Waals surface area contributed by atoms with Crippen molar-refractivity contribution in [2.24, 2.45) is 7.05 Å². The van der Waals surface area contributed by atoms with E-state index in [-0.39, 0.29) is 5.56 Å². The van der Waals surface area contributed by atoms with Crippen LogP contribution < -0.4 is 5.32 Å². The zero-order chi connectivity index (χ0) is 13.9. The molecule has 0 saturated carbocycles. The Labute approximate surface area is 102 Å². The largest absolute Gasteiger partial charge is 0.481 e. The number of carbonyl (C=O) groups is 3. The molecule has 0 aromatic carbocycles. The molecule has 0 aliphatic heterocycles. The molecule has 0 unspecified atom stereocenters. The second-order valence-corrected chi connectivity index (χ2v) is 3.76. The van der Waals surface area contributed by atoms with E-state index in [0.29, 0.717) is 5.69 Å². The van der Waals surface area contributed by atoms with Crippen LogP contribution in [-0.2, 0) is 16.6 Å². The lowest BCUT2D eigenvalue weighted by atomic mass is 10.2. The highest BCUT2D eigenvalue weighted by molar-refractivity contribution is 5.97. The van der Waals surface area contributed by atoms with Gasteiger partial charge in [0.2, 0.25) is 0 Å². The minimum absolute atomic E-state index is 0.217. The molecule has 18 heavy (non-hydrogen) atoms. The number of hydrogen-bond acceptors (Lipinski definition) is 4. The molecule has 3 N–H and O–H groups in total. The van der Waals surface area contributed by atoms with Crippen LogP contribution in [0.2, 0.25) is 0 Å². The maximum Gasteiger partial charge on any atom is 0.326 e. The van der Waals surface area contributed by atoms with E-state index in [1.165, 1.54) is 10.9 Å². The van der Waals surface area contributed by atoms with Gasteiger partial charge >= 0.3 is 11.9 Å². The van der Waals surface area contributed by atoms with E-state index in [4.69, 9.17) is 10.2 Å². The molecule has 0 saturated heterocycles. The maximum atomic E-state index is 11.8. The third-order valence-corrected chi connectivity index (χ3v) is 2.24. The molecule has 1 aromatic rings. The Morgan fingerprint density at radius 3 is 2.44 bits per heavy atom. The first-order chi connectivity index (χ1) is 8.31. The van der Waals surface area contributed by atoms with Gasteiger partial charge in [-0.1, -0.05) is 0 Å². The van der Waals surface area contributed by atoms with Gasteiger partial charge in [0.1, 0.15) is 6.04 Å². The summed E-state index contributed by atoms with van der Waals surface area (Å²) in [5, 5.41) is 23.4. The number of hydrogen-bond donors (Lipinski definition) is 3. The Kier molecular flexibility index (Phi) is 4.03. The van der Waals surface area contributed by atoms with Crippen molar-refractivity contribution in [3.05, 3.63) is 17.5 Å². The second kappa shape index (κ2) is 5.30. The molecule has 1 rings (SSSR count). The summed E-state index contributed by atoms with van der Waals surface area (Å²) in [4.78, 5) is 33.0. The number of carboxylic acid groups (broad SMARTS) is 2. The van der Waals surface area contributed by atoms with Crippen molar-refractivity contribution in [1.29, 1.82) is 0 Å². The van der Waals surface area contributed by atoms with Gasteiger partial charge in [-0.3, -0.25) is 14.3 Å². The number of aliphatic carboxylic acids is 2. The summed E-state index contributed by atoms with van der Waals surface area (Å²) >= 11 is 0. The Hall–Kier alpha value is -2.38. The van der Waals surface area contributed by atoms with Crippen molar-refractivity contribution in [2.75, 3.05) is 0 Å². The lowest BCUT2D eigenvalue weighted by molar-refractivity contribution is -0.145. The smallest absolute Gasteiger partial charge is 0.326 e. The van der Waals surface area contributed by atoms with Gasteiger partial charge < -0.3 is 15.5 Å². The Bertz CT molecular complexity index is 494. The minimum Gasteiger partial charge on any atom is -0.481 e.